The Bertz CT molecular complexity index is 2990. The van der Waals surface area contributed by atoms with Gasteiger partial charge in [0.15, 0.2) is 0 Å². The summed E-state index contributed by atoms with van der Waals surface area (Å²) in [5.41, 5.74) is -1.89. The van der Waals surface area contributed by atoms with E-state index in [0.29, 0.717) is 12.0 Å². The fourth-order valence-corrected chi connectivity index (χ4v) is 11.2. The monoisotopic (exact) mass is 1370 g/mol. The normalized spacial score (nSPS) is 24.9. The number of fused-ring (bicyclic) bond motifs is 1. The van der Waals surface area contributed by atoms with Gasteiger partial charge in [-0.15, -0.1) is 12.3 Å². The number of hydrogen-bond acceptors (Lipinski definition) is 11. The van der Waals surface area contributed by atoms with Crippen LogP contribution in [0, 0.1) is 33.7 Å². The molecule has 496 valence electrons. The maximum atomic E-state index is 14.7. The third-order valence-electron chi connectivity index (χ3n) is 17.0. The standard InChI is InChI=1S/C64H91F3IN11O11/c1-17-20-45-58(86)78(16)63(9,10)62(90)71-47(29-37(3)4)57(85)75(13)40(8)31-52(81)76(14)49(30-38(5)6)56(84)72-54(39(7)18-2)61(89)74(12)36-53(82)79-28-27-48(79)60(88)77(15)50(34-41-23-25-43(26-24-41)64(65,66)67)59(87)73(11)35-51(80)69-46(55(83)70-45)33-42-21-19-22-44(68)32-42/h1,19,21-26,32,37-40,45-50,54H,18,20,27-31,33-36H2,2-16H3,(H,69,80)(H,70,83)(H,71,90)(H,72,84)/t39-,40+,45-,46-,47-,48?,49-,50-,54-/m0/s1. The van der Waals surface area contributed by atoms with Crippen molar-refractivity contribution in [1.82, 2.24) is 55.6 Å². The van der Waals surface area contributed by atoms with Crippen LogP contribution in [0.3, 0.4) is 0 Å². The maximum absolute atomic E-state index is 14.7. The Morgan fingerprint density at radius 2 is 1.27 bits per heavy atom. The molecule has 2 aliphatic heterocycles. The average molecular weight is 1370 g/mol. The molecule has 9 atom stereocenters. The number of halogens is 4. The first-order chi connectivity index (χ1) is 41.9. The first-order valence-corrected chi connectivity index (χ1v) is 31.3. The van der Waals surface area contributed by atoms with E-state index in [-0.39, 0.29) is 68.9 Å². The number of alkyl halides is 3. The molecule has 0 bridgehead atoms. The molecule has 0 radical (unpaired) electrons. The number of rotatable bonds is 11. The van der Waals surface area contributed by atoms with E-state index in [0.717, 1.165) is 47.4 Å². The predicted octanol–water partition coefficient (Wildman–Crippen LogP) is 3.86. The second-order valence-corrected chi connectivity index (χ2v) is 26.4. The van der Waals surface area contributed by atoms with Crippen LogP contribution in [0.5, 0.6) is 0 Å². The van der Waals surface area contributed by atoms with E-state index in [1.54, 1.807) is 38.1 Å². The van der Waals surface area contributed by atoms with Crippen molar-refractivity contribution in [2.45, 2.75) is 174 Å². The lowest BCUT2D eigenvalue weighted by molar-refractivity contribution is -0.157. The van der Waals surface area contributed by atoms with E-state index in [1.807, 2.05) is 34.6 Å². The number of nitrogens with one attached hydrogen (secondary N) is 4. The summed E-state index contributed by atoms with van der Waals surface area (Å²) in [6.07, 6.45) is 0.811. The van der Waals surface area contributed by atoms with Crippen molar-refractivity contribution in [3.63, 3.8) is 0 Å². The molecule has 0 aliphatic carbocycles. The number of likely N-dealkylation sites (N-methyl/N-ethyl adjacent to an activating group) is 6. The van der Waals surface area contributed by atoms with E-state index in [2.05, 4.69) is 49.8 Å². The van der Waals surface area contributed by atoms with E-state index in [4.69, 9.17) is 6.42 Å². The van der Waals surface area contributed by atoms with Gasteiger partial charge in [0.05, 0.1) is 18.7 Å². The summed E-state index contributed by atoms with van der Waals surface area (Å²) < 4.78 is 41.9. The molecule has 26 heteroatoms. The smallest absolute Gasteiger partial charge is 0.342 e. The Hall–Kier alpha value is -7.31. The van der Waals surface area contributed by atoms with E-state index >= 15 is 0 Å². The van der Waals surface area contributed by atoms with Gasteiger partial charge in [0.1, 0.15) is 47.8 Å². The zero-order chi connectivity index (χ0) is 68.0. The summed E-state index contributed by atoms with van der Waals surface area (Å²) in [7, 11) is 8.18. The molecule has 2 aromatic carbocycles. The fraction of sp³-hybridized carbons (Fsp3) is 0.609. The minimum absolute atomic E-state index is 0.0757. The minimum Gasteiger partial charge on any atom is -0.342 e. The maximum Gasteiger partial charge on any atom is 0.416 e. The van der Waals surface area contributed by atoms with Crippen molar-refractivity contribution in [2.24, 2.45) is 17.8 Å². The van der Waals surface area contributed by atoms with Crippen LogP contribution in [-0.4, -0.2) is 215 Å². The van der Waals surface area contributed by atoms with Crippen LogP contribution in [0.1, 0.15) is 118 Å². The van der Waals surface area contributed by atoms with Gasteiger partial charge in [0, 0.05) is 84.1 Å². The Labute approximate surface area is 541 Å². The number of nitrogens with zero attached hydrogens (tertiary/aromatic N) is 7. The second-order valence-electron chi connectivity index (χ2n) is 25.2. The van der Waals surface area contributed by atoms with Gasteiger partial charge < -0.3 is 55.6 Å². The Balaban J connectivity index is 1.84. The Morgan fingerprint density at radius 3 is 1.81 bits per heavy atom. The molecule has 90 heavy (non-hydrogen) atoms. The van der Waals surface area contributed by atoms with Crippen LogP contribution < -0.4 is 21.3 Å². The highest BCUT2D eigenvalue weighted by Crippen LogP contribution is 2.30. The third-order valence-corrected chi connectivity index (χ3v) is 17.7. The van der Waals surface area contributed by atoms with Crippen molar-refractivity contribution >= 4 is 87.6 Å². The van der Waals surface area contributed by atoms with Crippen molar-refractivity contribution in [2.75, 3.05) is 61.9 Å². The molecule has 1 unspecified atom stereocenters. The summed E-state index contributed by atoms with van der Waals surface area (Å²) in [6, 6.07) is 1.18. The molecule has 2 aromatic rings. The summed E-state index contributed by atoms with van der Waals surface area (Å²) in [5, 5.41) is 11.0. The van der Waals surface area contributed by atoms with E-state index in [9.17, 15) is 65.9 Å². The average Bonchev–Trinajstić information content (AvgIpc) is 1.10. The molecule has 11 amide bonds. The Morgan fingerprint density at radius 1 is 0.656 bits per heavy atom. The third kappa shape index (κ3) is 19.8. The quantitative estimate of drug-likeness (QED) is 0.186. The lowest BCUT2D eigenvalue weighted by Gasteiger charge is -2.43. The number of hydrogen-bond donors (Lipinski definition) is 4. The van der Waals surface area contributed by atoms with Crippen LogP contribution in [0.4, 0.5) is 13.2 Å². The number of amides is 11. The van der Waals surface area contributed by atoms with Gasteiger partial charge in [-0.25, -0.2) is 0 Å². The van der Waals surface area contributed by atoms with Gasteiger partial charge in [-0.3, -0.25) is 52.7 Å². The highest BCUT2D eigenvalue weighted by atomic mass is 127. The van der Waals surface area contributed by atoms with Crippen molar-refractivity contribution < 1.29 is 65.9 Å². The summed E-state index contributed by atoms with van der Waals surface area (Å²) >= 11 is 2.07. The lowest BCUT2D eigenvalue weighted by Crippen LogP contribution is -2.63. The molecule has 0 saturated carbocycles. The topological polar surface area (TPSA) is 259 Å². The van der Waals surface area contributed by atoms with Crippen LogP contribution in [0.15, 0.2) is 48.5 Å². The van der Waals surface area contributed by atoms with Crippen molar-refractivity contribution in [3.8, 4) is 12.3 Å². The Kier molecular flexibility index (Phi) is 27.2. The number of benzene rings is 2. The first kappa shape index (κ1) is 75.2. The molecule has 2 heterocycles. The first-order valence-electron chi connectivity index (χ1n) is 30.3. The molecular weight excluding hydrogens is 1280 g/mol. The van der Waals surface area contributed by atoms with Gasteiger partial charge in [0.25, 0.3) is 0 Å². The van der Waals surface area contributed by atoms with Gasteiger partial charge in [-0.2, -0.15) is 13.2 Å². The fourth-order valence-electron chi connectivity index (χ4n) is 10.6. The highest BCUT2D eigenvalue weighted by molar-refractivity contribution is 14.1. The highest BCUT2D eigenvalue weighted by Gasteiger charge is 2.45. The lowest BCUT2D eigenvalue weighted by atomic mass is 9.95. The van der Waals surface area contributed by atoms with E-state index in [1.165, 1.54) is 70.8 Å². The summed E-state index contributed by atoms with van der Waals surface area (Å²) in [4.78, 5) is 167. The molecule has 4 N–H and O–H groups in total. The molecule has 2 aliphatic rings. The molecular formula is C64H91F3IN11O11. The van der Waals surface area contributed by atoms with Crippen LogP contribution in [0.2, 0.25) is 0 Å². The van der Waals surface area contributed by atoms with Gasteiger partial charge in [0.2, 0.25) is 65.0 Å². The number of carbonyl (C=O) groups excluding carboxylic acids is 11. The SMILES string of the molecule is C#CC[C@@H]1NC(=O)[C@H](Cc2cccc(I)c2)NC(=O)CN(C)C(=O)[C@H](Cc2ccc(C(F)(F)F)cc2)N(C)C(=O)C2CCN2C(=O)CN(C)C(=O)[C@H]([C@@H](C)CC)NC(=O)[C@H](CC(C)C)N(C)C(=O)C[C@@H](C)N(C)C(=O)[C@H](CC(C)C)NC(=O)C(C)(C)N(C)C1=O. The largest absolute Gasteiger partial charge is 0.416 e. The zero-order valence-electron chi connectivity index (χ0n) is 54.5. The van der Waals surface area contributed by atoms with Gasteiger partial charge in [-0.05, 0) is 116 Å². The van der Waals surface area contributed by atoms with Gasteiger partial charge >= 0.3 is 6.18 Å². The van der Waals surface area contributed by atoms with Crippen LogP contribution in [0.25, 0.3) is 0 Å². The van der Waals surface area contributed by atoms with Gasteiger partial charge in [-0.1, -0.05) is 72.2 Å². The summed E-state index contributed by atoms with van der Waals surface area (Å²) in [5.74, 6) is -6.25. The minimum atomic E-state index is -4.69. The molecule has 0 aromatic heterocycles. The predicted molar refractivity (Wildman–Crippen MR) is 340 cm³/mol. The molecule has 22 nitrogen and oxygen atoms in total. The van der Waals surface area contributed by atoms with Crippen LogP contribution in [-0.2, 0) is 71.8 Å². The molecule has 2 fully saturated rings. The van der Waals surface area contributed by atoms with E-state index < -0.39 is 150 Å². The van der Waals surface area contributed by atoms with Crippen molar-refractivity contribution in [1.29, 1.82) is 0 Å². The van der Waals surface area contributed by atoms with Crippen molar-refractivity contribution in [3.05, 3.63) is 68.8 Å². The summed E-state index contributed by atoms with van der Waals surface area (Å²) in [6.45, 7) is 14.3. The number of carbonyl (C=O) groups is 11. The molecule has 2 saturated heterocycles. The number of terminal acetylenes is 1. The molecule has 4 rings (SSSR count). The second kappa shape index (κ2) is 32.6. The zero-order valence-corrected chi connectivity index (χ0v) is 56.6. The molecule has 0 spiro atoms. The van der Waals surface area contributed by atoms with Crippen LogP contribution >= 0.6 is 22.6 Å².